The van der Waals surface area contributed by atoms with E-state index in [9.17, 15) is 22.8 Å². The summed E-state index contributed by atoms with van der Waals surface area (Å²) in [7, 11) is 0. The number of pyridine rings is 2. The van der Waals surface area contributed by atoms with Crippen LogP contribution in [0.3, 0.4) is 0 Å². The Labute approximate surface area is 158 Å². The number of H-pyrrole nitrogens is 1. The van der Waals surface area contributed by atoms with Crippen molar-refractivity contribution < 1.29 is 18.0 Å². The van der Waals surface area contributed by atoms with E-state index in [1.54, 1.807) is 18.2 Å². The highest BCUT2D eigenvalue weighted by atomic mass is 19.4. The second-order valence-corrected chi connectivity index (χ2v) is 7.15. The maximum Gasteiger partial charge on any atom is 0.433 e. The number of carbonyl (C=O) groups excluding carboxylic acids is 1. The molecule has 1 saturated carbocycles. The first-order valence-electron chi connectivity index (χ1n) is 9.09. The Morgan fingerprint density at radius 1 is 1.11 bits per heavy atom. The molecular weight excluding hydrogens is 371 g/mol. The zero-order chi connectivity index (χ0) is 19.9. The van der Waals surface area contributed by atoms with Gasteiger partial charge in [0.1, 0.15) is 5.69 Å². The lowest BCUT2D eigenvalue weighted by Crippen LogP contribution is -2.24. The fraction of sp³-hybridized carbons (Fsp3) is 0.350. The molecule has 0 radical (unpaired) electrons. The lowest BCUT2D eigenvalue weighted by molar-refractivity contribution is -0.141. The number of nitrogens with one attached hydrogen (secondary N) is 2. The maximum absolute atomic E-state index is 12.8. The van der Waals surface area contributed by atoms with Crippen LogP contribution < -0.4 is 10.9 Å². The molecule has 0 spiro atoms. The van der Waals surface area contributed by atoms with Crippen molar-refractivity contribution in [2.75, 3.05) is 0 Å². The van der Waals surface area contributed by atoms with Crippen molar-refractivity contribution in [2.24, 2.45) is 0 Å². The number of aromatic nitrogens is 2. The van der Waals surface area contributed by atoms with Crippen LogP contribution in [0.15, 0.2) is 41.3 Å². The summed E-state index contributed by atoms with van der Waals surface area (Å²) in [4.78, 5) is 30.3. The van der Waals surface area contributed by atoms with E-state index in [0.29, 0.717) is 29.7 Å². The van der Waals surface area contributed by atoms with Crippen LogP contribution in [0.1, 0.15) is 54.1 Å². The third-order valence-electron chi connectivity index (χ3n) is 5.01. The van der Waals surface area contributed by atoms with Crippen molar-refractivity contribution in [3.63, 3.8) is 0 Å². The smallest absolute Gasteiger partial charge is 0.350 e. The molecule has 1 aliphatic heterocycles. The number of hydrogen-bond donors (Lipinski definition) is 2. The van der Waals surface area contributed by atoms with Crippen molar-refractivity contribution >= 4 is 11.5 Å². The molecule has 1 amide bonds. The molecule has 1 saturated heterocycles. The minimum atomic E-state index is -4.53. The summed E-state index contributed by atoms with van der Waals surface area (Å²) in [6.45, 7) is 0. The maximum atomic E-state index is 12.8. The largest absolute Gasteiger partial charge is 0.433 e. The Balaban J connectivity index is 1.74. The molecule has 1 atom stereocenters. The van der Waals surface area contributed by atoms with Gasteiger partial charge in [-0.2, -0.15) is 13.2 Å². The third kappa shape index (κ3) is 3.85. The summed E-state index contributed by atoms with van der Waals surface area (Å²) in [6.07, 6.45) is 1.32. The normalized spacial score (nSPS) is 20.3. The standard InChI is InChI=1S/C20H18F3N3O2/c21-20(22,23)17-7-3-12(10-24-17)15(9-13-4-8-18(27)25-13)16-6-5-14(11-1-2-11)19(28)26-16/h3,5-7,9-11,13H,1-2,4,8H2,(H,25,27)(H,26,28)/b15-9-/t13-/m1/s1. The molecular formula is C20H18F3N3O2. The van der Waals surface area contributed by atoms with Crippen LogP contribution in [0.4, 0.5) is 13.2 Å². The lowest BCUT2D eigenvalue weighted by Gasteiger charge is -2.13. The molecule has 146 valence electrons. The van der Waals surface area contributed by atoms with Crippen LogP contribution in [0.5, 0.6) is 0 Å². The van der Waals surface area contributed by atoms with Gasteiger partial charge in [0.05, 0.1) is 0 Å². The van der Waals surface area contributed by atoms with Crippen molar-refractivity contribution in [3.8, 4) is 0 Å². The highest BCUT2D eigenvalue weighted by molar-refractivity contribution is 5.82. The molecule has 8 heteroatoms. The van der Waals surface area contributed by atoms with Crippen LogP contribution in [0.25, 0.3) is 5.57 Å². The molecule has 2 aromatic heterocycles. The first kappa shape index (κ1) is 18.5. The molecule has 3 heterocycles. The van der Waals surface area contributed by atoms with Gasteiger partial charge in [0.15, 0.2) is 0 Å². The van der Waals surface area contributed by atoms with Crippen molar-refractivity contribution in [3.05, 3.63) is 69.4 Å². The zero-order valence-corrected chi connectivity index (χ0v) is 14.8. The number of carbonyl (C=O) groups is 1. The fourth-order valence-electron chi connectivity index (χ4n) is 3.38. The molecule has 5 nitrogen and oxygen atoms in total. The summed E-state index contributed by atoms with van der Waals surface area (Å²) < 4.78 is 38.5. The number of hydrogen-bond acceptors (Lipinski definition) is 3. The topological polar surface area (TPSA) is 74.8 Å². The van der Waals surface area contributed by atoms with E-state index in [-0.39, 0.29) is 23.4 Å². The van der Waals surface area contributed by atoms with Crippen LogP contribution >= 0.6 is 0 Å². The van der Waals surface area contributed by atoms with Crippen LogP contribution in [-0.2, 0) is 11.0 Å². The number of nitrogens with zero attached hydrogens (tertiary/aromatic N) is 1. The highest BCUT2D eigenvalue weighted by Gasteiger charge is 2.32. The van der Waals surface area contributed by atoms with Gasteiger partial charge in [-0.3, -0.25) is 14.6 Å². The predicted octanol–water partition coefficient (Wildman–Crippen LogP) is 3.38. The van der Waals surface area contributed by atoms with E-state index < -0.39 is 11.9 Å². The molecule has 0 bridgehead atoms. The molecule has 2 N–H and O–H groups in total. The van der Waals surface area contributed by atoms with E-state index >= 15 is 0 Å². The Kier molecular flexibility index (Phi) is 4.56. The molecule has 0 unspecified atom stereocenters. The van der Waals surface area contributed by atoms with Crippen LogP contribution in [0.2, 0.25) is 0 Å². The van der Waals surface area contributed by atoms with Gasteiger partial charge in [-0.1, -0.05) is 18.2 Å². The number of alkyl halides is 3. The van der Waals surface area contributed by atoms with E-state index in [2.05, 4.69) is 15.3 Å². The van der Waals surface area contributed by atoms with Crippen molar-refractivity contribution in [1.29, 1.82) is 0 Å². The minimum Gasteiger partial charge on any atom is -0.350 e. The second-order valence-electron chi connectivity index (χ2n) is 7.15. The number of rotatable bonds is 4. The van der Waals surface area contributed by atoms with E-state index in [0.717, 1.165) is 30.7 Å². The number of halogens is 3. The monoisotopic (exact) mass is 389 g/mol. The van der Waals surface area contributed by atoms with Gasteiger partial charge in [0.2, 0.25) is 5.91 Å². The minimum absolute atomic E-state index is 0.0799. The van der Waals surface area contributed by atoms with Gasteiger partial charge < -0.3 is 10.3 Å². The Hall–Kier alpha value is -2.90. The SMILES string of the molecule is O=C1CC[C@H](/C=C(/c2ccc(C(F)(F)F)nc2)c2ccc(C3CC3)c(=O)[nH]2)N1. The first-order chi connectivity index (χ1) is 13.3. The second kappa shape index (κ2) is 6.92. The molecule has 4 rings (SSSR count). The molecule has 2 fully saturated rings. The fourth-order valence-corrected chi connectivity index (χ4v) is 3.38. The number of amides is 1. The lowest BCUT2D eigenvalue weighted by atomic mass is 9.99. The van der Waals surface area contributed by atoms with E-state index in [4.69, 9.17) is 0 Å². The van der Waals surface area contributed by atoms with Crippen molar-refractivity contribution in [1.82, 2.24) is 15.3 Å². The molecule has 0 aromatic carbocycles. The Morgan fingerprint density at radius 2 is 1.89 bits per heavy atom. The highest BCUT2D eigenvalue weighted by Crippen LogP contribution is 2.38. The zero-order valence-electron chi connectivity index (χ0n) is 14.8. The molecule has 2 aromatic rings. The average Bonchev–Trinajstić information content (AvgIpc) is 3.40. The van der Waals surface area contributed by atoms with Gasteiger partial charge in [-0.15, -0.1) is 0 Å². The van der Waals surface area contributed by atoms with Gasteiger partial charge >= 0.3 is 6.18 Å². The van der Waals surface area contributed by atoms with Gasteiger partial charge in [-0.05, 0) is 37.3 Å². The third-order valence-corrected chi connectivity index (χ3v) is 5.01. The summed E-state index contributed by atoms with van der Waals surface area (Å²) in [5.74, 6) is 0.204. The van der Waals surface area contributed by atoms with Crippen molar-refractivity contribution in [2.45, 2.75) is 43.8 Å². The summed E-state index contributed by atoms with van der Waals surface area (Å²) in [6, 6.07) is 5.51. The molecule has 2 aliphatic rings. The number of aromatic amines is 1. The summed E-state index contributed by atoms with van der Waals surface area (Å²) >= 11 is 0. The molecule has 1 aliphatic carbocycles. The Bertz CT molecular complexity index is 989. The predicted molar refractivity (Wildman–Crippen MR) is 96.5 cm³/mol. The van der Waals surface area contributed by atoms with Gasteiger partial charge in [0, 0.05) is 41.1 Å². The van der Waals surface area contributed by atoms with Gasteiger partial charge in [-0.25, -0.2) is 0 Å². The first-order valence-corrected chi connectivity index (χ1v) is 9.09. The van der Waals surface area contributed by atoms with E-state index in [1.165, 1.54) is 6.07 Å². The van der Waals surface area contributed by atoms with Crippen LogP contribution in [-0.4, -0.2) is 21.9 Å². The van der Waals surface area contributed by atoms with Crippen LogP contribution in [0, 0.1) is 0 Å². The summed E-state index contributed by atoms with van der Waals surface area (Å²) in [5, 5.41) is 2.81. The van der Waals surface area contributed by atoms with E-state index in [1.807, 2.05) is 0 Å². The van der Waals surface area contributed by atoms with Gasteiger partial charge in [0.25, 0.3) is 5.56 Å². The average molecular weight is 389 g/mol. The Morgan fingerprint density at radius 3 is 2.43 bits per heavy atom. The summed E-state index contributed by atoms with van der Waals surface area (Å²) in [5.41, 5.74) is 1.00. The molecule has 28 heavy (non-hydrogen) atoms. The quantitative estimate of drug-likeness (QED) is 0.842.